The van der Waals surface area contributed by atoms with Crippen LogP contribution in [0, 0.1) is 5.41 Å². The molecule has 2 N–H and O–H groups in total. The number of hydrogen-bond donors (Lipinski definition) is 2. The van der Waals surface area contributed by atoms with Gasteiger partial charge < -0.3 is 15.2 Å². The average molecular weight is 189 g/mol. The zero-order chi connectivity index (χ0) is 10.5. The summed E-state index contributed by atoms with van der Waals surface area (Å²) in [5.74, 6) is 0. The van der Waals surface area contributed by atoms with Crippen LogP contribution in [0.15, 0.2) is 0 Å². The maximum absolute atomic E-state index is 11.0. The molecule has 1 amide bonds. The highest BCUT2D eigenvalue weighted by Gasteiger charge is 2.19. The summed E-state index contributed by atoms with van der Waals surface area (Å²) in [6, 6.07) is 0.0738. The Labute approximate surface area is 79.3 Å². The number of aliphatic hydroxyl groups is 1. The smallest absolute Gasteiger partial charge is 0.407 e. The van der Waals surface area contributed by atoms with Crippen LogP contribution >= 0.6 is 0 Å². The van der Waals surface area contributed by atoms with Crippen LogP contribution in [0.5, 0.6) is 0 Å². The fourth-order valence-electron chi connectivity index (χ4n) is 0.584. The molecule has 78 valence electrons. The van der Waals surface area contributed by atoms with Crippen LogP contribution in [0.1, 0.15) is 27.7 Å². The highest BCUT2D eigenvalue weighted by molar-refractivity contribution is 5.67. The van der Waals surface area contributed by atoms with Crippen molar-refractivity contribution in [3.05, 3.63) is 0 Å². The molecule has 0 atom stereocenters. The first kappa shape index (κ1) is 12.2. The number of amides is 1. The lowest BCUT2D eigenvalue weighted by molar-refractivity contribution is 0.0601. The third-order valence-electron chi connectivity index (χ3n) is 1.43. The Morgan fingerprint density at radius 2 is 2.08 bits per heavy atom. The first-order valence-corrected chi connectivity index (χ1v) is 4.41. The SMILES string of the molecule is CC(C)NC(=O)OCC(C)(C)CO. The van der Waals surface area contributed by atoms with Crippen LogP contribution in [0.4, 0.5) is 4.79 Å². The van der Waals surface area contributed by atoms with Gasteiger partial charge in [-0.25, -0.2) is 4.79 Å². The Kier molecular flexibility index (Phi) is 4.77. The lowest BCUT2D eigenvalue weighted by Gasteiger charge is -2.21. The predicted molar refractivity (Wildman–Crippen MR) is 50.5 cm³/mol. The Morgan fingerprint density at radius 3 is 2.46 bits per heavy atom. The summed E-state index contributed by atoms with van der Waals surface area (Å²) in [5.41, 5.74) is -0.367. The molecule has 0 aliphatic heterocycles. The number of carbonyl (C=O) groups is 1. The van der Waals surface area contributed by atoms with Gasteiger partial charge >= 0.3 is 6.09 Å². The van der Waals surface area contributed by atoms with Gasteiger partial charge in [0.15, 0.2) is 0 Å². The van der Waals surface area contributed by atoms with E-state index in [4.69, 9.17) is 9.84 Å². The van der Waals surface area contributed by atoms with Crippen molar-refractivity contribution in [3.63, 3.8) is 0 Å². The molecule has 0 aliphatic rings. The third-order valence-corrected chi connectivity index (χ3v) is 1.43. The average Bonchev–Trinajstić information content (AvgIpc) is 2.00. The molecule has 0 fully saturated rings. The summed E-state index contributed by atoms with van der Waals surface area (Å²) >= 11 is 0. The van der Waals surface area contributed by atoms with Crippen LogP contribution in [0.25, 0.3) is 0 Å². The lowest BCUT2D eigenvalue weighted by atomic mass is 9.97. The van der Waals surface area contributed by atoms with Crippen molar-refractivity contribution in [1.29, 1.82) is 0 Å². The molecule has 0 saturated heterocycles. The minimum Gasteiger partial charge on any atom is -0.449 e. The first-order chi connectivity index (χ1) is 5.87. The molecule has 0 rings (SSSR count). The third kappa shape index (κ3) is 6.40. The van der Waals surface area contributed by atoms with E-state index in [0.717, 1.165) is 0 Å². The number of rotatable bonds is 4. The maximum atomic E-state index is 11.0. The van der Waals surface area contributed by atoms with E-state index in [1.807, 2.05) is 27.7 Å². The molecular formula is C9H19NO3. The molecule has 0 aromatic carbocycles. The van der Waals surface area contributed by atoms with E-state index in [1.165, 1.54) is 0 Å². The van der Waals surface area contributed by atoms with Crippen LogP contribution in [-0.4, -0.2) is 30.5 Å². The van der Waals surface area contributed by atoms with E-state index in [9.17, 15) is 4.79 Å². The minimum atomic E-state index is -0.434. The molecule has 13 heavy (non-hydrogen) atoms. The molecule has 0 radical (unpaired) electrons. The molecule has 0 spiro atoms. The van der Waals surface area contributed by atoms with E-state index in [0.29, 0.717) is 0 Å². The quantitative estimate of drug-likeness (QED) is 0.697. The highest BCUT2D eigenvalue weighted by atomic mass is 16.5. The standard InChI is InChI=1S/C9H19NO3/c1-7(2)10-8(12)13-6-9(3,4)5-11/h7,11H,5-6H2,1-4H3,(H,10,12). The van der Waals surface area contributed by atoms with E-state index in [2.05, 4.69) is 5.32 Å². The van der Waals surface area contributed by atoms with Gasteiger partial charge in [0.2, 0.25) is 0 Å². The van der Waals surface area contributed by atoms with Gasteiger partial charge in [0.1, 0.15) is 6.61 Å². The molecule has 4 heteroatoms. The maximum Gasteiger partial charge on any atom is 0.407 e. The van der Waals surface area contributed by atoms with Crippen molar-refractivity contribution >= 4 is 6.09 Å². The van der Waals surface area contributed by atoms with Gasteiger partial charge in [0, 0.05) is 11.5 Å². The molecule has 0 saturated carbocycles. The normalized spacial score (nSPS) is 11.5. The van der Waals surface area contributed by atoms with Gasteiger partial charge in [-0.05, 0) is 13.8 Å². The summed E-state index contributed by atoms with van der Waals surface area (Å²) in [4.78, 5) is 11.0. The van der Waals surface area contributed by atoms with Gasteiger partial charge in [0.05, 0.1) is 6.61 Å². The zero-order valence-corrected chi connectivity index (χ0v) is 8.76. The molecule has 0 heterocycles. The van der Waals surface area contributed by atoms with Crippen molar-refractivity contribution in [1.82, 2.24) is 5.32 Å². The van der Waals surface area contributed by atoms with Gasteiger partial charge in [-0.3, -0.25) is 0 Å². The molecule has 0 aromatic heterocycles. The molecule has 0 bridgehead atoms. The van der Waals surface area contributed by atoms with Crippen molar-refractivity contribution in [3.8, 4) is 0 Å². The fourth-order valence-corrected chi connectivity index (χ4v) is 0.584. The summed E-state index contributed by atoms with van der Waals surface area (Å²) in [7, 11) is 0. The summed E-state index contributed by atoms with van der Waals surface area (Å²) in [6.45, 7) is 7.60. The number of nitrogens with one attached hydrogen (secondary N) is 1. The molecular weight excluding hydrogens is 170 g/mol. The Bertz CT molecular complexity index is 166. The Hall–Kier alpha value is -0.770. The van der Waals surface area contributed by atoms with E-state index in [-0.39, 0.29) is 24.7 Å². The van der Waals surface area contributed by atoms with Crippen molar-refractivity contribution in [2.75, 3.05) is 13.2 Å². The van der Waals surface area contributed by atoms with E-state index >= 15 is 0 Å². The number of hydrogen-bond acceptors (Lipinski definition) is 3. The largest absolute Gasteiger partial charge is 0.449 e. The minimum absolute atomic E-state index is 0.00194. The zero-order valence-electron chi connectivity index (χ0n) is 8.76. The monoisotopic (exact) mass is 189 g/mol. The van der Waals surface area contributed by atoms with Crippen molar-refractivity contribution in [2.24, 2.45) is 5.41 Å². The number of aliphatic hydroxyl groups excluding tert-OH is 1. The van der Waals surface area contributed by atoms with Crippen molar-refractivity contribution < 1.29 is 14.6 Å². The molecule has 4 nitrogen and oxygen atoms in total. The summed E-state index contributed by atoms with van der Waals surface area (Å²) < 4.78 is 4.90. The Morgan fingerprint density at radius 1 is 1.54 bits per heavy atom. The number of ether oxygens (including phenoxy) is 1. The van der Waals surface area contributed by atoms with Crippen LogP contribution < -0.4 is 5.32 Å². The number of carbonyl (C=O) groups excluding carboxylic acids is 1. The first-order valence-electron chi connectivity index (χ1n) is 4.41. The van der Waals surface area contributed by atoms with Crippen molar-refractivity contribution in [2.45, 2.75) is 33.7 Å². The van der Waals surface area contributed by atoms with Gasteiger partial charge in [0.25, 0.3) is 0 Å². The van der Waals surface area contributed by atoms with E-state index < -0.39 is 6.09 Å². The second-order valence-electron chi connectivity index (χ2n) is 4.20. The van der Waals surface area contributed by atoms with Gasteiger partial charge in [-0.1, -0.05) is 13.8 Å². The van der Waals surface area contributed by atoms with E-state index in [1.54, 1.807) is 0 Å². The second kappa shape index (κ2) is 5.07. The second-order valence-corrected chi connectivity index (χ2v) is 4.20. The Balaban J connectivity index is 3.70. The number of alkyl carbamates (subject to hydrolysis) is 1. The van der Waals surface area contributed by atoms with Crippen LogP contribution in [0.2, 0.25) is 0 Å². The predicted octanol–water partition coefficient (Wildman–Crippen LogP) is 1.14. The van der Waals surface area contributed by atoms with Gasteiger partial charge in [-0.15, -0.1) is 0 Å². The molecule has 0 aliphatic carbocycles. The fraction of sp³-hybridized carbons (Fsp3) is 0.889. The molecule has 0 aromatic rings. The topological polar surface area (TPSA) is 58.6 Å². The van der Waals surface area contributed by atoms with Gasteiger partial charge in [-0.2, -0.15) is 0 Å². The lowest BCUT2D eigenvalue weighted by Crippen LogP contribution is -2.34. The highest BCUT2D eigenvalue weighted by Crippen LogP contribution is 2.13. The van der Waals surface area contributed by atoms with Crippen LogP contribution in [-0.2, 0) is 4.74 Å². The molecule has 0 unspecified atom stereocenters. The summed E-state index contributed by atoms with van der Waals surface area (Å²) in [6.07, 6.45) is -0.434. The summed E-state index contributed by atoms with van der Waals surface area (Å²) in [5, 5.41) is 11.5. The van der Waals surface area contributed by atoms with Crippen LogP contribution in [0.3, 0.4) is 0 Å².